The second-order valence-electron chi connectivity index (χ2n) is 6.96. The molecule has 5 nitrogen and oxygen atoms in total. The van der Waals surface area contributed by atoms with Crippen LogP contribution in [0.4, 0.5) is 0 Å². The molecule has 5 aromatic rings. The lowest BCUT2D eigenvalue weighted by molar-refractivity contribution is 0.556. The van der Waals surface area contributed by atoms with Gasteiger partial charge < -0.3 is 8.83 Å². The molecule has 0 radical (unpaired) electrons. The van der Waals surface area contributed by atoms with Crippen LogP contribution in [-0.2, 0) is 0 Å². The summed E-state index contributed by atoms with van der Waals surface area (Å²) in [4.78, 5) is 30.2. The average molecular weight is 436 g/mol. The molecule has 0 spiro atoms. The molecule has 0 fully saturated rings. The Kier molecular flexibility index (Phi) is 4.34. The molecule has 7 heteroatoms. The fourth-order valence-corrected chi connectivity index (χ4v) is 4.46. The Morgan fingerprint density at radius 3 is 2.43 bits per heavy atom. The smallest absolute Gasteiger partial charge is 0.346 e. The molecule has 0 aliphatic rings. The van der Waals surface area contributed by atoms with Gasteiger partial charge in [-0.25, -0.2) is 9.78 Å². The summed E-state index contributed by atoms with van der Waals surface area (Å²) in [6, 6.07) is 12.0. The summed E-state index contributed by atoms with van der Waals surface area (Å²) in [5.41, 5.74) is 2.47. The summed E-state index contributed by atoms with van der Waals surface area (Å²) < 4.78 is 11.6. The Morgan fingerprint density at radius 2 is 1.73 bits per heavy atom. The fraction of sp³-hybridized carbons (Fsp3) is 0.0870. The zero-order valence-corrected chi connectivity index (χ0v) is 17.6. The van der Waals surface area contributed by atoms with Crippen molar-refractivity contribution in [2.45, 2.75) is 13.8 Å². The molecule has 0 saturated heterocycles. The number of hydrogen-bond donors (Lipinski definition) is 0. The van der Waals surface area contributed by atoms with E-state index in [0.717, 1.165) is 11.3 Å². The third-order valence-corrected chi connectivity index (χ3v) is 6.17. The van der Waals surface area contributed by atoms with E-state index in [2.05, 4.69) is 4.98 Å². The van der Waals surface area contributed by atoms with Gasteiger partial charge in [-0.15, -0.1) is 11.3 Å². The van der Waals surface area contributed by atoms with E-state index >= 15 is 0 Å². The first-order valence-corrected chi connectivity index (χ1v) is 10.4. The number of nitrogens with zero attached hydrogens (tertiary/aromatic N) is 1. The first kappa shape index (κ1) is 18.8. The van der Waals surface area contributed by atoms with Crippen molar-refractivity contribution in [1.29, 1.82) is 0 Å². The molecule has 0 amide bonds. The SMILES string of the molecule is Cc1csc(-c2cc3c(ccc4c(=O)c(-c5ccc(Cl)cc5)c(C)oc43)oc2=O)n1. The van der Waals surface area contributed by atoms with Gasteiger partial charge in [0.25, 0.3) is 0 Å². The van der Waals surface area contributed by atoms with Crippen molar-refractivity contribution in [3.8, 4) is 21.7 Å². The van der Waals surface area contributed by atoms with Crippen molar-refractivity contribution in [2.75, 3.05) is 0 Å². The van der Waals surface area contributed by atoms with Crippen molar-refractivity contribution in [1.82, 2.24) is 4.98 Å². The molecule has 0 N–H and O–H groups in total. The largest absolute Gasteiger partial charge is 0.460 e. The van der Waals surface area contributed by atoms with Crippen LogP contribution in [0.25, 0.3) is 43.6 Å². The van der Waals surface area contributed by atoms with Crippen LogP contribution >= 0.6 is 22.9 Å². The van der Waals surface area contributed by atoms with Crippen LogP contribution in [0.5, 0.6) is 0 Å². The number of rotatable bonds is 2. The quantitative estimate of drug-likeness (QED) is 0.252. The summed E-state index contributed by atoms with van der Waals surface area (Å²) >= 11 is 7.34. The molecule has 2 aromatic carbocycles. The highest BCUT2D eigenvalue weighted by Crippen LogP contribution is 2.31. The Morgan fingerprint density at radius 1 is 0.967 bits per heavy atom. The van der Waals surface area contributed by atoms with Crippen LogP contribution in [-0.4, -0.2) is 4.98 Å². The normalized spacial score (nSPS) is 11.4. The van der Waals surface area contributed by atoms with Crippen molar-refractivity contribution < 1.29 is 8.83 Å². The minimum Gasteiger partial charge on any atom is -0.460 e. The number of halogens is 1. The topological polar surface area (TPSA) is 73.3 Å². The number of aryl methyl sites for hydroxylation is 2. The average Bonchev–Trinajstić information content (AvgIpc) is 3.14. The van der Waals surface area contributed by atoms with Gasteiger partial charge in [0.1, 0.15) is 21.9 Å². The van der Waals surface area contributed by atoms with Crippen molar-refractivity contribution >= 4 is 44.9 Å². The van der Waals surface area contributed by atoms with Gasteiger partial charge in [-0.3, -0.25) is 4.79 Å². The lowest BCUT2D eigenvalue weighted by Gasteiger charge is -2.09. The summed E-state index contributed by atoms with van der Waals surface area (Å²) in [7, 11) is 0. The van der Waals surface area contributed by atoms with Crippen LogP contribution in [0, 0.1) is 13.8 Å². The molecule has 0 aliphatic heterocycles. The Hall–Kier alpha value is -3.22. The maximum atomic E-state index is 13.3. The lowest BCUT2D eigenvalue weighted by Crippen LogP contribution is -2.08. The second kappa shape index (κ2) is 6.93. The molecule has 3 aromatic heterocycles. The van der Waals surface area contributed by atoms with Crippen LogP contribution < -0.4 is 11.1 Å². The molecular weight excluding hydrogens is 422 g/mol. The van der Waals surface area contributed by atoms with E-state index in [1.54, 1.807) is 49.4 Å². The summed E-state index contributed by atoms with van der Waals surface area (Å²) in [5, 5.41) is 3.99. The van der Waals surface area contributed by atoms with Gasteiger partial charge in [0.05, 0.1) is 21.9 Å². The Labute approximate surface area is 179 Å². The molecule has 0 aliphatic carbocycles. The summed E-state index contributed by atoms with van der Waals surface area (Å²) in [6.45, 7) is 3.60. The van der Waals surface area contributed by atoms with E-state index in [9.17, 15) is 9.59 Å². The van der Waals surface area contributed by atoms with E-state index in [0.29, 0.717) is 48.9 Å². The fourth-order valence-electron chi connectivity index (χ4n) is 3.53. The van der Waals surface area contributed by atoms with Crippen LogP contribution in [0.1, 0.15) is 11.5 Å². The lowest BCUT2D eigenvalue weighted by atomic mass is 10.0. The van der Waals surface area contributed by atoms with Crippen LogP contribution in [0.2, 0.25) is 5.02 Å². The number of aromatic nitrogens is 1. The molecule has 0 saturated carbocycles. The zero-order valence-electron chi connectivity index (χ0n) is 16.0. The third kappa shape index (κ3) is 2.96. The van der Waals surface area contributed by atoms with Crippen molar-refractivity contribution in [2.24, 2.45) is 0 Å². The molecule has 148 valence electrons. The highest BCUT2D eigenvalue weighted by Gasteiger charge is 2.18. The number of hydrogen-bond acceptors (Lipinski definition) is 6. The van der Waals surface area contributed by atoms with Crippen molar-refractivity contribution in [3.05, 3.63) is 85.0 Å². The zero-order chi connectivity index (χ0) is 21.0. The van der Waals surface area contributed by atoms with E-state index < -0.39 is 5.63 Å². The minimum absolute atomic E-state index is 0.157. The standard InChI is InChI=1S/C23H14ClNO4S/c1-11-10-30-22(25-11)17-9-16-18(29-23(17)27)8-7-15-20(26)19(12(2)28-21(15)16)13-3-5-14(24)6-4-13/h3-10H,1-2H3. The molecule has 0 bridgehead atoms. The first-order valence-electron chi connectivity index (χ1n) is 9.15. The van der Waals surface area contributed by atoms with Gasteiger partial charge in [0.15, 0.2) is 0 Å². The van der Waals surface area contributed by atoms with Crippen LogP contribution in [0.3, 0.4) is 0 Å². The van der Waals surface area contributed by atoms with Gasteiger partial charge >= 0.3 is 5.63 Å². The van der Waals surface area contributed by atoms with Crippen molar-refractivity contribution in [3.63, 3.8) is 0 Å². The molecule has 0 atom stereocenters. The van der Waals surface area contributed by atoms with E-state index in [1.807, 2.05) is 12.3 Å². The van der Waals surface area contributed by atoms with E-state index in [4.69, 9.17) is 20.4 Å². The molecule has 3 heterocycles. The Bertz CT molecular complexity index is 1560. The van der Waals surface area contributed by atoms with Crippen LogP contribution in [0.15, 0.2) is 66.3 Å². The van der Waals surface area contributed by atoms with Gasteiger partial charge in [-0.05, 0) is 49.7 Å². The maximum Gasteiger partial charge on any atom is 0.346 e. The third-order valence-electron chi connectivity index (χ3n) is 4.93. The predicted octanol–water partition coefficient (Wildman–Crippen LogP) is 5.96. The molecule has 30 heavy (non-hydrogen) atoms. The Balaban J connectivity index is 1.83. The first-order chi connectivity index (χ1) is 14.4. The number of thiazole rings is 1. The van der Waals surface area contributed by atoms with Gasteiger partial charge in [0.2, 0.25) is 5.43 Å². The molecular formula is C23H14ClNO4S. The van der Waals surface area contributed by atoms with E-state index in [-0.39, 0.29) is 5.43 Å². The highest BCUT2D eigenvalue weighted by atomic mass is 35.5. The maximum absolute atomic E-state index is 13.3. The number of benzene rings is 2. The monoisotopic (exact) mass is 435 g/mol. The summed E-state index contributed by atoms with van der Waals surface area (Å²) in [6.07, 6.45) is 0. The minimum atomic E-state index is -0.479. The van der Waals surface area contributed by atoms with Gasteiger partial charge in [-0.2, -0.15) is 0 Å². The molecule has 0 unspecified atom stereocenters. The highest BCUT2D eigenvalue weighted by molar-refractivity contribution is 7.13. The van der Waals surface area contributed by atoms with Gasteiger partial charge in [-0.1, -0.05) is 23.7 Å². The number of fused-ring (bicyclic) bond motifs is 3. The van der Waals surface area contributed by atoms with E-state index in [1.165, 1.54) is 11.3 Å². The van der Waals surface area contributed by atoms with Gasteiger partial charge in [0, 0.05) is 16.1 Å². The molecule has 5 rings (SSSR count). The summed E-state index contributed by atoms with van der Waals surface area (Å²) in [5.74, 6) is 0.472. The second-order valence-corrected chi connectivity index (χ2v) is 8.26. The predicted molar refractivity (Wildman–Crippen MR) is 120 cm³/mol.